The summed E-state index contributed by atoms with van der Waals surface area (Å²) in [6, 6.07) is 0. The molecule has 1 saturated carbocycles. The Morgan fingerprint density at radius 1 is 1.50 bits per heavy atom. The normalized spacial score (nSPS) is 27.9. The molecule has 1 saturated heterocycles. The third-order valence-electron chi connectivity index (χ3n) is 4.17. The average Bonchev–Trinajstić information content (AvgIpc) is 2.77. The molecule has 2 aliphatic rings. The van der Waals surface area contributed by atoms with Crippen LogP contribution in [0.3, 0.4) is 0 Å². The fourth-order valence-corrected chi connectivity index (χ4v) is 3.17. The lowest BCUT2D eigenvalue weighted by Gasteiger charge is -2.41. The summed E-state index contributed by atoms with van der Waals surface area (Å²) >= 11 is 0. The molecule has 1 aliphatic carbocycles. The first-order valence-corrected chi connectivity index (χ1v) is 6.25. The van der Waals surface area contributed by atoms with Crippen LogP contribution in [0, 0.1) is 11.3 Å². The number of hydrogen-bond acceptors (Lipinski definition) is 2. The van der Waals surface area contributed by atoms with Crippen molar-refractivity contribution >= 4 is 5.91 Å². The predicted octanol–water partition coefficient (Wildman–Crippen LogP) is 1.89. The minimum atomic E-state index is -0.0559. The van der Waals surface area contributed by atoms with E-state index in [-0.39, 0.29) is 5.91 Å². The molecule has 1 spiro atoms. The summed E-state index contributed by atoms with van der Waals surface area (Å²) in [5.41, 5.74) is 0.354. The number of amides is 1. The van der Waals surface area contributed by atoms with E-state index in [2.05, 4.69) is 11.9 Å². The summed E-state index contributed by atoms with van der Waals surface area (Å²) in [5, 5.41) is 2.94. The van der Waals surface area contributed by atoms with E-state index in [1.165, 1.54) is 31.8 Å². The molecular weight excluding hydrogens is 202 g/mol. The van der Waals surface area contributed by atoms with E-state index in [0.29, 0.717) is 11.3 Å². The van der Waals surface area contributed by atoms with Gasteiger partial charge in [0, 0.05) is 13.2 Å². The van der Waals surface area contributed by atoms with Crippen LogP contribution in [0.1, 0.15) is 32.1 Å². The largest absolute Gasteiger partial charge is 0.381 e. The summed E-state index contributed by atoms with van der Waals surface area (Å²) < 4.78 is 5.64. The van der Waals surface area contributed by atoms with Gasteiger partial charge in [-0.1, -0.05) is 19.4 Å². The molecule has 3 heteroatoms. The maximum Gasteiger partial charge on any atom is 0.243 e. The second kappa shape index (κ2) is 5.00. The highest BCUT2D eigenvalue weighted by atomic mass is 16.5. The average molecular weight is 223 g/mol. The maximum atomic E-state index is 11.2. The zero-order valence-electron chi connectivity index (χ0n) is 9.84. The molecule has 1 unspecified atom stereocenters. The van der Waals surface area contributed by atoms with Gasteiger partial charge >= 0.3 is 0 Å². The molecule has 3 nitrogen and oxygen atoms in total. The number of nitrogens with one attached hydrogen (secondary N) is 1. The first-order chi connectivity index (χ1) is 7.77. The third kappa shape index (κ3) is 2.29. The zero-order valence-corrected chi connectivity index (χ0v) is 9.84. The zero-order chi connectivity index (χ0) is 11.4. The van der Waals surface area contributed by atoms with Gasteiger partial charge in [-0.3, -0.25) is 4.79 Å². The van der Waals surface area contributed by atoms with Gasteiger partial charge in [-0.25, -0.2) is 0 Å². The Kier molecular flexibility index (Phi) is 3.64. The Bertz CT molecular complexity index is 269. The Hall–Kier alpha value is -0.830. The minimum Gasteiger partial charge on any atom is -0.381 e. The second-order valence-corrected chi connectivity index (χ2v) is 5.06. The lowest BCUT2D eigenvalue weighted by atomic mass is 9.71. The van der Waals surface area contributed by atoms with Crippen LogP contribution >= 0.6 is 0 Å². The lowest BCUT2D eigenvalue weighted by Crippen LogP contribution is -2.44. The highest BCUT2D eigenvalue weighted by molar-refractivity contribution is 5.86. The van der Waals surface area contributed by atoms with E-state index in [1.807, 2.05) is 0 Å². The van der Waals surface area contributed by atoms with Gasteiger partial charge in [0.25, 0.3) is 0 Å². The van der Waals surface area contributed by atoms with Gasteiger partial charge in [0.1, 0.15) is 0 Å². The smallest absolute Gasteiger partial charge is 0.243 e. The molecule has 0 aromatic rings. The summed E-state index contributed by atoms with van der Waals surface area (Å²) in [4.78, 5) is 11.2. The van der Waals surface area contributed by atoms with E-state index >= 15 is 0 Å². The molecule has 90 valence electrons. The summed E-state index contributed by atoms with van der Waals surface area (Å²) in [5.74, 6) is 0.535. The number of ether oxygens (including phenoxy) is 1. The standard InChI is InChI=1S/C13H21NO2/c1-2-12(15)14-9-11-5-8-16-10-13(11)6-3-4-7-13/h2,11H,1,3-10H2,(H,14,15). The van der Waals surface area contributed by atoms with Gasteiger partial charge in [-0.2, -0.15) is 0 Å². The van der Waals surface area contributed by atoms with Crippen molar-refractivity contribution in [3.8, 4) is 0 Å². The quantitative estimate of drug-likeness (QED) is 0.742. The Balaban J connectivity index is 1.94. The van der Waals surface area contributed by atoms with Crippen molar-refractivity contribution in [1.82, 2.24) is 5.32 Å². The van der Waals surface area contributed by atoms with Gasteiger partial charge in [0.05, 0.1) is 6.61 Å². The predicted molar refractivity (Wildman–Crippen MR) is 63.0 cm³/mol. The SMILES string of the molecule is C=CC(=O)NCC1CCOCC12CCCC2. The fourth-order valence-electron chi connectivity index (χ4n) is 3.17. The first kappa shape index (κ1) is 11.6. The van der Waals surface area contributed by atoms with Crippen LogP contribution in [0.15, 0.2) is 12.7 Å². The number of carbonyl (C=O) groups excluding carboxylic acids is 1. The molecule has 1 aliphatic heterocycles. The Labute approximate surface area is 97.2 Å². The van der Waals surface area contributed by atoms with Gasteiger partial charge in [0.2, 0.25) is 5.91 Å². The van der Waals surface area contributed by atoms with Gasteiger partial charge in [-0.05, 0) is 36.7 Å². The maximum absolute atomic E-state index is 11.2. The van der Waals surface area contributed by atoms with E-state index in [1.54, 1.807) is 0 Å². The van der Waals surface area contributed by atoms with Crippen molar-refractivity contribution in [3.63, 3.8) is 0 Å². The molecule has 0 bridgehead atoms. The highest BCUT2D eigenvalue weighted by Crippen LogP contribution is 2.47. The van der Waals surface area contributed by atoms with Crippen molar-refractivity contribution in [2.75, 3.05) is 19.8 Å². The van der Waals surface area contributed by atoms with Crippen LogP contribution < -0.4 is 5.32 Å². The molecule has 2 fully saturated rings. The molecule has 1 heterocycles. The Morgan fingerprint density at radius 3 is 2.94 bits per heavy atom. The summed E-state index contributed by atoms with van der Waals surface area (Å²) in [7, 11) is 0. The molecule has 16 heavy (non-hydrogen) atoms. The molecule has 0 radical (unpaired) electrons. The summed E-state index contributed by atoms with van der Waals surface area (Å²) in [6.07, 6.45) is 7.59. The van der Waals surface area contributed by atoms with Crippen molar-refractivity contribution in [3.05, 3.63) is 12.7 Å². The molecular formula is C13H21NO2. The van der Waals surface area contributed by atoms with Crippen molar-refractivity contribution < 1.29 is 9.53 Å². The number of rotatable bonds is 3. The molecule has 1 N–H and O–H groups in total. The molecule has 0 aromatic heterocycles. The van der Waals surface area contributed by atoms with Crippen LogP contribution in [-0.4, -0.2) is 25.7 Å². The molecule has 1 atom stereocenters. The van der Waals surface area contributed by atoms with Crippen LogP contribution in [0.25, 0.3) is 0 Å². The summed E-state index contributed by atoms with van der Waals surface area (Å²) in [6.45, 7) is 6.00. The second-order valence-electron chi connectivity index (χ2n) is 5.06. The minimum absolute atomic E-state index is 0.0559. The van der Waals surface area contributed by atoms with E-state index in [4.69, 9.17) is 4.74 Å². The Morgan fingerprint density at radius 2 is 2.25 bits per heavy atom. The topological polar surface area (TPSA) is 38.3 Å². The van der Waals surface area contributed by atoms with Gasteiger partial charge in [0.15, 0.2) is 0 Å². The molecule has 2 rings (SSSR count). The van der Waals surface area contributed by atoms with E-state index in [0.717, 1.165) is 26.2 Å². The molecule has 0 aromatic carbocycles. The van der Waals surface area contributed by atoms with Crippen LogP contribution in [0.2, 0.25) is 0 Å². The molecule has 1 amide bonds. The van der Waals surface area contributed by atoms with E-state index < -0.39 is 0 Å². The van der Waals surface area contributed by atoms with Crippen LogP contribution in [-0.2, 0) is 9.53 Å². The fraction of sp³-hybridized carbons (Fsp3) is 0.769. The van der Waals surface area contributed by atoms with Gasteiger partial charge < -0.3 is 10.1 Å². The lowest BCUT2D eigenvalue weighted by molar-refractivity contribution is -0.117. The number of carbonyl (C=O) groups is 1. The third-order valence-corrected chi connectivity index (χ3v) is 4.17. The van der Waals surface area contributed by atoms with Gasteiger partial charge in [-0.15, -0.1) is 0 Å². The highest BCUT2D eigenvalue weighted by Gasteiger charge is 2.43. The first-order valence-electron chi connectivity index (χ1n) is 6.25. The van der Waals surface area contributed by atoms with Crippen LogP contribution in [0.4, 0.5) is 0 Å². The van der Waals surface area contributed by atoms with Crippen molar-refractivity contribution in [1.29, 1.82) is 0 Å². The van der Waals surface area contributed by atoms with Crippen molar-refractivity contribution in [2.45, 2.75) is 32.1 Å². The van der Waals surface area contributed by atoms with E-state index in [9.17, 15) is 4.79 Å². The van der Waals surface area contributed by atoms with Crippen molar-refractivity contribution in [2.24, 2.45) is 11.3 Å². The number of hydrogen-bond donors (Lipinski definition) is 1. The van der Waals surface area contributed by atoms with Crippen LogP contribution in [0.5, 0.6) is 0 Å². The monoisotopic (exact) mass is 223 g/mol.